The van der Waals surface area contributed by atoms with Crippen LogP contribution in [0.4, 0.5) is 0 Å². The van der Waals surface area contributed by atoms with Crippen molar-refractivity contribution in [3.63, 3.8) is 0 Å². The molecule has 1 aliphatic rings. The van der Waals surface area contributed by atoms with E-state index in [1.54, 1.807) is 0 Å². The van der Waals surface area contributed by atoms with Gasteiger partial charge in [-0.3, -0.25) is 4.68 Å². The predicted octanol–water partition coefficient (Wildman–Crippen LogP) is 3.11. The molecule has 1 N–H and O–H groups in total. The zero-order valence-corrected chi connectivity index (χ0v) is 11.8. The zero-order chi connectivity index (χ0) is 13.2. The molecule has 4 heteroatoms. The molecule has 1 aromatic carbocycles. The lowest BCUT2D eigenvalue weighted by molar-refractivity contribution is 0.288. The highest BCUT2D eigenvalue weighted by molar-refractivity contribution is 6.30. The monoisotopic (exact) mass is 275 g/mol. The Labute approximate surface area is 118 Å². The van der Waals surface area contributed by atoms with Crippen LogP contribution < -0.4 is 5.32 Å². The average molecular weight is 276 g/mol. The fourth-order valence-electron chi connectivity index (χ4n) is 2.62. The van der Waals surface area contributed by atoms with E-state index in [0.717, 1.165) is 17.3 Å². The van der Waals surface area contributed by atoms with Crippen LogP contribution in [0.15, 0.2) is 36.5 Å². The van der Waals surface area contributed by atoms with Gasteiger partial charge in [0.2, 0.25) is 0 Å². The van der Waals surface area contributed by atoms with Crippen LogP contribution in [0.1, 0.15) is 30.0 Å². The summed E-state index contributed by atoms with van der Waals surface area (Å²) in [6.07, 6.45) is 4.35. The normalized spacial score (nSPS) is 22.2. The number of aromatic nitrogens is 2. The maximum absolute atomic E-state index is 6.02. The summed E-state index contributed by atoms with van der Waals surface area (Å²) in [5.41, 5.74) is 2.47. The Kier molecular flexibility index (Phi) is 3.58. The molecule has 0 amide bonds. The molecule has 0 bridgehead atoms. The first-order valence-corrected chi connectivity index (χ1v) is 7.06. The fourth-order valence-corrected chi connectivity index (χ4v) is 2.82. The van der Waals surface area contributed by atoms with E-state index in [1.165, 1.54) is 18.4 Å². The molecule has 0 saturated heterocycles. The van der Waals surface area contributed by atoms with Crippen molar-refractivity contribution in [2.24, 2.45) is 7.05 Å². The molecule has 0 unspecified atom stereocenters. The van der Waals surface area contributed by atoms with Crippen molar-refractivity contribution >= 4 is 11.6 Å². The van der Waals surface area contributed by atoms with E-state index < -0.39 is 0 Å². The van der Waals surface area contributed by atoms with E-state index in [0.29, 0.717) is 12.0 Å². The van der Waals surface area contributed by atoms with E-state index in [9.17, 15) is 0 Å². The molecule has 3 rings (SSSR count). The summed E-state index contributed by atoms with van der Waals surface area (Å²) < 4.78 is 1.84. The van der Waals surface area contributed by atoms with Crippen LogP contribution in [0.3, 0.4) is 0 Å². The molecule has 0 atom stereocenters. The third kappa shape index (κ3) is 2.99. The van der Waals surface area contributed by atoms with Crippen LogP contribution in [0, 0.1) is 0 Å². The molecule has 2 aromatic rings. The molecule has 1 aromatic heterocycles. The van der Waals surface area contributed by atoms with E-state index in [2.05, 4.69) is 28.6 Å². The topological polar surface area (TPSA) is 29.9 Å². The fraction of sp³-hybridized carbons (Fsp3) is 0.400. The van der Waals surface area contributed by atoms with E-state index in [-0.39, 0.29) is 0 Å². The van der Waals surface area contributed by atoms with Crippen LogP contribution in [0.25, 0.3) is 0 Å². The van der Waals surface area contributed by atoms with Gasteiger partial charge in [-0.15, -0.1) is 0 Å². The van der Waals surface area contributed by atoms with Gasteiger partial charge in [-0.2, -0.15) is 5.10 Å². The van der Waals surface area contributed by atoms with Gasteiger partial charge in [0.25, 0.3) is 0 Å². The summed E-state index contributed by atoms with van der Waals surface area (Å²) >= 11 is 6.02. The summed E-state index contributed by atoms with van der Waals surface area (Å²) in [6, 6.07) is 10.9. The van der Waals surface area contributed by atoms with Gasteiger partial charge in [0.1, 0.15) is 0 Å². The van der Waals surface area contributed by atoms with Gasteiger partial charge in [-0.1, -0.05) is 23.7 Å². The third-order valence-corrected chi connectivity index (χ3v) is 4.03. The maximum Gasteiger partial charge on any atom is 0.0762 e. The molecular weight excluding hydrogens is 258 g/mol. The van der Waals surface area contributed by atoms with Gasteiger partial charge < -0.3 is 5.32 Å². The number of hydrogen-bond donors (Lipinski definition) is 1. The molecule has 0 aliphatic heterocycles. The Bertz CT molecular complexity index is 558. The molecule has 1 aliphatic carbocycles. The first kappa shape index (κ1) is 12.7. The highest BCUT2D eigenvalue weighted by atomic mass is 35.5. The van der Waals surface area contributed by atoms with Crippen molar-refractivity contribution in [1.82, 2.24) is 15.1 Å². The third-order valence-electron chi connectivity index (χ3n) is 3.80. The van der Waals surface area contributed by atoms with Crippen molar-refractivity contribution in [1.29, 1.82) is 0 Å². The van der Waals surface area contributed by atoms with Gasteiger partial charge in [-0.25, -0.2) is 0 Å². The SMILES string of the molecule is Cn1ccc(CNC2CC(c3cccc(Cl)c3)C2)n1. The minimum absolute atomic E-state index is 0.603. The molecule has 100 valence electrons. The van der Waals surface area contributed by atoms with Gasteiger partial charge in [0.05, 0.1) is 5.69 Å². The molecule has 1 saturated carbocycles. The van der Waals surface area contributed by atoms with Gasteiger partial charge >= 0.3 is 0 Å². The average Bonchev–Trinajstić information content (AvgIpc) is 2.73. The van der Waals surface area contributed by atoms with Crippen molar-refractivity contribution < 1.29 is 0 Å². The van der Waals surface area contributed by atoms with Crippen LogP contribution in [0.5, 0.6) is 0 Å². The lowest BCUT2D eigenvalue weighted by Gasteiger charge is -2.36. The first-order chi connectivity index (χ1) is 9.20. The minimum Gasteiger partial charge on any atom is -0.308 e. The molecular formula is C15H18ClN3. The zero-order valence-electron chi connectivity index (χ0n) is 11.0. The quantitative estimate of drug-likeness (QED) is 0.929. The highest BCUT2D eigenvalue weighted by Crippen LogP contribution is 2.37. The molecule has 19 heavy (non-hydrogen) atoms. The lowest BCUT2D eigenvalue weighted by Crippen LogP contribution is -2.39. The number of rotatable bonds is 4. The molecule has 3 nitrogen and oxygen atoms in total. The van der Waals surface area contributed by atoms with Crippen molar-refractivity contribution in [2.45, 2.75) is 31.3 Å². The second kappa shape index (κ2) is 5.35. The number of aryl methyl sites for hydroxylation is 1. The number of hydrogen-bond acceptors (Lipinski definition) is 2. The van der Waals surface area contributed by atoms with Crippen molar-refractivity contribution in [2.75, 3.05) is 0 Å². The Morgan fingerprint density at radius 3 is 2.89 bits per heavy atom. The van der Waals surface area contributed by atoms with Gasteiger partial charge in [0, 0.05) is 30.9 Å². The Balaban J connectivity index is 1.48. The van der Waals surface area contributed by atoms with Crippen molar-refractivity contribution in [3.05, 3.63) is 52.8 Å². The number of nitrogens with zero attached hydrogens (tertiary/aromatic N) is 2. The Morgan fingerprint density at radius 2 is 2.21 bits per heavy atom. The number of nitrogens with one attached hydrogen (secondary N) is 1. The molecule has 1 fully saturated rings. The maximum atomic E-state index is 6.02. The second-order valence-electron chi connectivity index (χ2n) is 5.28. The molecule has 1 heterocycles. The van der Waals surface area contributed by atoms with Crippen LogP contribution in [-0.4, -0.2) is 15.8 Å². The first-order valence-electron chi connectivity index (χ1n) is 6.68. The smallest absolute Gasteiger partial charge is 0.0762 e. The van der Waals surface area contributed by atoms with Gasteiger partial charge in [-0.05, 0) is 42.5 Å². The summed E-state index contributed by atoms with van der Waals surface area (Å²) in [5, 5.41) is 8.76. The summed E-state index contributed by atoms with van der Waals surface area (Å²) in [5.74, 6) is 0.653. The lowest BCUT2D eigenvalue weighted by atomic mass is 9.76. The Morgan fingerprint density at radius 1 is 1.37 bits per heavy atom. The summed E-state index contributed by atoms with van der Waals surface area (Å²) in [4.78, 5) is 0. The predicted molar refractivity (Wildman–Crippen MR) is 77.3 cm³/mol. The van der Waals surface area contributed by atoms with Crippen LogP contribution in [0.2, 0.25) is 5.02 Å². The highest BCUT2D eigenvalue weighted by Gasteiger charge is 2.29. The Hall–Kier alpha value is -1.32. The van der Waals surface area contributed by atoms with E-state index >= 15 is 0 Å². The minimum atomic E-state index is 0.603. The molecule has 0 spiro atoms. The molecule has 0 radical (unpaired) electrons. The standard InChI is InChI=1S/C15H18ClN3/c1-19-6-5-14(18-19)10-17-15-8-12(9-15)11-3-2-4-13(16)7-11/h2-7,12,15,17H,8-10H2,1H3. The van der Waals surface area contributed by atoms with Crippen molar-refractivity contribution in [3.8, 4) is 0 Å². The van der Waals surface area contributed by atoms with Crippen LogP contribution >= 0.6 is 11.6 Å². The van der Waals surface area contributed by atoms with Crippen LogP contribution in [-0.2, 0) is 13.6 Å². The van der Waals surface area contributed by atoms with E-state index in [1.807, 2.05) is 30.1 Å². The van der Waals surface area contributed by atoms with E-state index in [4.69, 9.17) is 11.6 Å². The number of halogens is 1. The summed E-state index contributed by atoms with van der Waals surface area (Å²) in [6.45, 7) is 0.855. The second-order valence-corrected chi connectivity index (χ2v) is 5.72. The summed E-state index contributed by atoms with van der Waals surface area (Å²) in [7, 11) is 1.95. The number of benzene rings is 1. The largest absolute Gasteiger partial charge is 0.308 e. The van der Waals surface area contributed by atoms with Gasteiger partial charge in [0.15, 0.2) is 0 Å².